The first kappa shape index (κ1) is 19.2. The SMILES string of the molecule is COC(=O)CCN(C)C(=O)NC(CCS(C)(=O)=O)C(=O)O. The summed E-state index contributed by atoms with van der Waals surface area (Å²) in [5.41, 5.74) is 0. The number of esters is 1. The van der Waals surface area contributed by atoms with Gasteiger partial charge in [-0.05, 0) is 6.42 Å². The fourth-order valence-electron chi connectivity index (χ4n) is 1.31. The van der Waals surface area contributed by atoms with Crippen molar-refractivity contribution in [2.45, 2.75) is 18.9 Å². The molecule has 9 nitrogen and oxygen atoms in total. The Bertz CT molecular complexity index is 489. The molecule has 122 valence electrons. The number of carbonyl (C=O) groups is 3. The van der Waals surface area contributed by atoms with E-state index in [4.69, 9.17) is 5.11 Å². The van der Waals surface area contributed by atoms with E-state index in [9.17, 15) is 22.8 Å². The molecule has 0 aromatic carbocycles. The van der Waals surface area contributed by atoms with Gasteiger partial charge in [-0.1, -0.05) is 0 Å². The van der Waals surface area contributed by atoms with Gasteiger partial charge in [-0.25, -0.2) is 18.0 Å². The maximum atomic E-state index is 11.7. The van der Waals surface area contributed by atoms with Crippen LogP contribution in [0.5, 0.6) is 0 Å². The molecule has 2 N–H and O–H groups in total. The third-order valence-corrected chi connectivity index (χ3v) is 3.58. The van der Waals surface area contributed by atoms with E-state index in [1.807, 2.05) is 0 Å². The number of carboxylic acid groups (broad SMARTS) is 1. The molecule has 0 aromatic rings. The van der Waals surface area contributed by atoms with Gasteiger partial charge in [0.2, 0.25) is 0 Å². The fraction of sp³-hybridized carbons (Fsp3) is 0.727. The Morgan fingerprint density at radius 3 is 2.33 bits per heavy atom. The number of methoxy groups -OCH3 is 1. The summed E-state index contributed by atoms with van der Waals surface area (Å²) < 4.78 is 26.5. The highest BCUT2D eigenvalue weighted by atomic mass is 32.2. The summed E-state index contributed by atoms with van der Waals surface area (Å²) in [4.78, 5) is 34.8. The molecule has 10 heteroatoms. The van der Waals surface area contributed by atoms with Crippen molar-refractivity contribution in [3.05, 3.63) is 0 Å². The van der Waals surface area contributed by atoms with Gasteiger partial charge in [0.15, 0.2) is 0 Å². The summed E-state index contributed by atoms with van der Waals surface area (Å²) >= 11 is 0. The van der Waals surface area contributed by atoms with Crippen LogP contribution >= 0.6 is 0 Å². The molecule has 0 aliphatic carbocycles. The predicted octanol–water partition coefficient (Wildman–Crippen LogP) is -0.921. The molecule has 0 saturated carbocycles. The number of amides is 2. The van der Waals surface area contributed by atoms with Gasteiger partial charge in [0, 0.05) is 19.8 Å². The second kappa shape index (κ2) is 8.45. The van der Waals surface area contributed by atoms with Crippen molar-refractivity contribution in [1.29, 1.82) is 0 Å². The Hall–Kier alpha value is -1.84. The van der Waals surface area contributed by atoms with E-state index < -0.39 is 33.8 Å². The van der Waals surface area contributed by atoms with Crippen molar-refractivity contribution in [1.82, 2.24) is 10.2 Å². The number of carbonyl (C=O) groups excluding carboxylic acids is 2. The summed E-state index contributed by atoms with van der Waals surface area (Å²) in [5.74, 6) is -2.18. The van der Waals surface area contributed by atoms with Gasteiger partial charge < -0.3 is 20.1 Å². The highest BCUT2D eigenvalue weighted by Crippen LogP contribution is 1.99. The Labute approximate surface area is 123 Å². The van der Waals surface area contributed by atoms with Crippen LogP contribution in [-0.4, -0.2) is 75.1 Å². The molecule has 0 aliphatic heterocycles. The van der Waals surface area contributed by atoms with E-state index in [0.29, 0.717) is 0 Å². The molecule has 0 bridgehead atoms. The fourth-order valence-corrected chi connectivity index (χ4v) is 1.98. The second-order valence-electron chi connectivity index (χ2n) is 4.51. The molecule has 0 heterocycles. The van der Waals surface area contributed by atoms with Crippen molar-refractivity contribution in [2.75, 3.05) is 32.7 Å². The molecule has 0 spiro atoms. The number of ether oxygens (including phenoxy) is 1. The Morgan fingerprint density at radius 1 is 1.33 bits per heavy atom. The second-order valence-corrected chi connectivity index (χ2v) is 6.77. The number of carboxylic acids is 1. The number of sulfone groups is 1. The van der Waals surface area contributed by atoms with Crippen molar-refractivity contribution in [3.8, 4) is 0 Å². The van der Waals surface area contributed by atoms with E-state index in [0.717, 1.165) is 11.2 Å². The van der Waals surface area contributed by atoms with E-state index in [2.05, 4.69) is 10.1 Å². The first-order valence-electron chi connectivity index (χ1n) is 6.05. The summed E-state index contributed by atoms with van der Waals surface area (Å²) in [6, 6.07) is -2.02. The minimum absolute atomic E-state index is 0.0263. The lowest BCUT2D eigenvalue weighted by atomic mass is 10.2. The Morgan fingerprint density at radius 2 is 1.90 bits per heavy atom. The minimum Gasteiger partial charge on any atom is -0.480 e. The van der Waals surface area contributed by atoms with Gasteiger partial charge in [-0.3, -0.25) is 4.79 Å². The van der Waals surface area contributed by atoms with Crippen LogP contribution in [0.2, 0.25) is 0 Å². The van der Waals surface area contributed by atoms with Crippen LogP contribution in [0.15, 0.2) is 0 Å². The Kier molecular flexibility index (Phi) is 7.71. The van der Waals surface area contributed by atoms with Crippen molar-refractivity contribution < 1.29 is 32.6 Å². The third-order valence-electron chi connectivity index (χ3n) is 2.60. The van der Waals surface area contributed by atoms with Crippen LogP contribution in [0.4, 0.5) is 4.79 Å². The van der Waals surface area contributed by atoms with E-state index in [1.165, 1.54) is 14.2 Å². The van der Waals surface area contributed by atoms with Gasteiger partial charge in [-0.2, -0.15) is 0 Å². The minimum atomic E-state index is -3.32. The summed E-state index contributed by atoms with van der Waals surface area (Å²) in [6.45, 7) is 0.0525. The molecule has 0 saturated heterocycles. The molecule has 21 heavy (non-hydrogen) atoms. The molecule has 2 amide bonds. The Balaban J connectivity index is 4.46. The maximum absolute atomic E-state index is 11.7. The van der Waals surface area contributed by atoms with Crippen LogP contribution in [0.3, 0.4) is 0 Å². The zero-order valence-electron chi connectivity index (χ0n) is 12.2. The lowest BCUT2D eigenvalue weighted by Gasteiger charge is -2.20. The van der Waals surface area contributed by atoms with Gasteiger partial charge in [0.1, 0.15) is 15.9 Å². The van der Waals surface area contributed by atoms with Crippen molar-refractivity contribution in [2.24, 2.45) is 0 Å². The quantitative estimate of drug-likeness (QED) is 0.552. The van der Waals surface area contributed by atoms with Gasteiger partial charge in [0.05, 0.1) is 19.3 Å². The van der Waals surface area contributed by atoms with Crippen LogP contribution in [0.25, 0.3) is 0 Å². The number of hydrogen-bond acceptors (Lipinski definition) is 6. The number of rotatable bonds is 8. The summed E-state index contributed by atoms with van der Waals surface area (Å²) in [7, 11) is -0.724. The highest BCUT2D eigenvalue weighted by Gasteiger charge is 2.23. The van der Waals surface area contributed by atoms with E-state index in [-0.39, 0.29) is 25.1 Å². The third kappa shape index (κ3) is 8.84. The first-order chi connectivity index (χ1) is 9.56. The van der Waals surface area contributed by atoms with Gasteiger partial charge >= 0.3 is 18.0 Å². The molecular formula is C11H20N2O7S. The zero-order valence-corrected chi connectivity index (χ0v) is 13.0. The molecule has 0 radical (unpaired) electrons. The molecule has 0 aliphatic rings. The summed E-state index contributed by atoms with van der Waals surface area (Å²) in [5, 5.41) is 11.2. The lowest BCUT2D eigenvalue weighted by Crippen LogP contribution is -2.47. The van der Waals surface area contributed by atoms with E-state index in [1.54, 1.807) is 0 Å². The lowest BCUT2D eigenvalue weighted by molar-refractivity contribution is -0.141. The van der Waals surface area contributed by atoms with Crippen LogP contribution in [0.1, 0.15) is 12.8 Å². The first-order valence-corrected chi connectivity index (χ1v) is 8.12. The van der Waals surface area contributed by atoms with E-state index >= 15 is 0 Å². The number of hydrogen-bond donors (Lipinski definition) is 2. The number of nitrogens with zero attached hydrogens (tertiary/aromatic N) is 1. The number of aliphatic carboxylic acids is 1. The molecule has 0 rings (SSSR count). The monoisotopic (exact) mass is 324 g/mol. The summed E-state index contributed by atoms with van der Waals surface area (Å²) in [6.07, 6.45) is 0.725. The normalized spacial score (nSPS) is 12.3. The average molecular weight is 324 g/mol. The van der Waals surface area contributed by atoms with Crippen LogP contribution < -0.4 is 5.32 Å². The predicted molar refractivity (Wildman–Crippen MR) is 73.5 cm³/mol. The maximum Gasteiger partial charge on any atom is 0.326 e. The molecule has 0 aromatic heterocycles. The number of urea groups is 1. The standard InChI is InChI=1S/C11H20N2O7S/c1-13(6-4-9(14)20-2)11(17)12-8(10(15)16)5-7-21(3,18)19/h8H,4-7H2,1-3H3,(H,12,17)(H,15,16). The van der Waals surface area contributed by atoms with Crippen LogP contribution in [-0.2, 0) is 24.2 Å². The van der Waals surface area contributed by atoms with Crippen molar-refractivity contribution in [3.63, 3.8) is 0 Å². The van der Waals surface area contributed by atoms with Gasteiger partial charge in [0.25, 0.3) is 0 Å². The largest absolute Gasteiger partial charge is 0.480 e. The topological polar surface area (TPSA) is 130 Å². The number of nitrogens with one attached hydrogen (secondary N) is 1. The average Bonchev–Trinajstić information content (AvgIpc) is 2.38. The van der Waals surface area contributed by atoms with Crippen molar-refractivity contribution >= 4 is 27.8 Å². The molecular weight excluding hydrogens is 304 g/mol. The van der Waals surface area contributed by atoms with Crippen LogP contribution in [0, 0.1) is 0 Å². The molecule has 1 atom stereocenters. The molecule has 0 fully saturated rings. The smallest absolute Gasteiger partial charge is 0.326 e. The van der Waals surface area contributed by atoms with Gasteiger partial charge in [-0.15, -0.1) is 0 Å². The molecule has 1 unspecified atom stereocenters. The highest BCUT2D eigenvalue weighted by molar-refractivity contribution is 7.90. The zero-order chi connectivity index (χ0) is 16.6.